The molecule has 26 heavy (non-hydrogen) atoms. The first kappa shape index (κ1) is 17.9. The molecular formula is C18H17FN4O2S. The van der Waals surface area contributed by atoms with Crippen LogP contribution in [0.25, 0.3) is 10.8 Å². The Kier molecular flexibility index (Phi) is 5.52. The number of carbonyl (C=O) groups excluding carboxylic acids is 1. The van der Waals surface area contributed by atoms with Crippen LogP contribution in [0, 0.1) is 12.7 Å². The van der Waals surface area contributed by atoms with E-state index in [1.165, 1.54) is 22.3 Å². The van der Waals surface area contributed by atoms with Crippen molar-refractivity contribution in [3.05, 3.63) is 59.1 Å². The number of benzene rings is 1. The minimum Gasteiger partial charge on any atom is -0.489 e. The summed E-state index contributed by atoms with van der Waals surface area (Å²) in [5, 5.41) is 0.599. The van der Waals surface area contributed by atoms with Crippen LogP contribution < -0.4 is 4.74 Å². The Morgan fingerprint density at radius 2 is 1.96 bits per heavy atom. The van der Waals surface area contributed by atoms with Gasteiger partial charge in [0.15, 0.2) is 22.4 Å². The Morgan fingerprint density at radius 3 is 2.69 bits per heavy atom. The predicted molar refractivity (Wildman–Crippen MR) is 96.7 cm³/mol. The smallest absolute Gasteiger partial charge is 0.265 e. The molecule has 3 rings (SSSR count). The summed E-state index contributed by atoms with van der Waals surface area (Å²) in [6.45, 7) is 2.29. The summed E-state index contributed by atoms with van der Waals surface area (Å²) in [4.78, 5) is 27.4. The molecule has 8 heteroatoms. The maximum Gasteiger partial charge on any atom is 0.265 e. The zero-order valence-corrected chi connectivity index (χ0v) is 15.2. The lowest BCUT2D eigenvalue weighted by Crippen LogP contribution is -2.30. The fourth-order valence-electron chi connectivity index (χ4n) is 2.23. The van der Waals surface area contributed by atoms with Crippen molar-refractivity contribution in [2.24, 2.45) is 0 Å². The molecule has 134 valence electrons. The molecule has 0 aliphatic heterocycles. The zero-order chi connectivity index (χ0) is 18.5. The number of aromatic nitrogens is 3. The van der Waals surface area contributed by atoms with E-state index in [9.17, 15) is 9.18 Å². The fraction of sp³-hybridized carbons (Fsp3) is 0.222. The minimum atomic E-state index is -0.424. The van der Waals surface area contributed by atoms with Crippen molar-refractivity contribution in [1.29, 1.82) is 0 Å². The van der Waals surface area contributed by atoms with Crippen LogP contribution in [0.15, 0.2) is 42.7 Å². The maximum absolute atomic E-state index is 13.5. The van der Waals surface area contributed by atoms with E-state index in [-0.39, 0.29) is 18.3 Å². The van der Waals surface area contributed by atoms with Crippen LogP contribution in [0.3, 0.4) is 0 Å². The van der Waals surface area contributed by atoms with Gasteiger partial charge in [-0.25, -0.2) is 19.3 Å². The van der Waals surface area contributed by atoms with E-state index < -0.39 is 5.82 Å². The maximum atomic E-state index is 13.5. The van der Waals surface area contributed by atoms with E-state index in [4.69, 9.17) is 4.74 Å². The standard InChI is InChI=1S/C18H17FN4O2S/c1-12-15(26-17(22-12)16-20-8-5-9-21-16)18(24)23(2)10-11-25-14-7-4-3-6-13(14)19/h3-9H,10-11H2,1-2H3. The molecular weight excluding hydrogens is 355 g/mol. The lowest BCUT2D eigenvalue weighted by atomic mass is 10.3. The molecule has 0 spiro atoms. The molecule has 2 aromatic heterocycles. The number of hydrogen-bond acceptors (Lipinski definition) is 6. The van der Waals surface area contributed by atoms with Gasteiger partial charge in [0.25, 0.3) is 5.91 Å². The number of thiazole rings is 1. The summed E-state index contributed by atoms with van der Waals surface area (Å²) in [6, 6.07) is 7.90. The largest absolute Gasteiger partial charge is 0.489 e. The van der Waals surface area contributed by atoms with Crippen molar-refractivity contribution in [2.45, 2.75) is 6.92 Å². The fourth-order valence-corrected chi connectivity index (χ4v) is 3.24. The van der Waals surface area contributed by atoms with Gasteiger partial charge in [-0.1, -0.05) is 12.1 Å². The highest BCUT2D eigenvalue weighted by molar-refractivity contribution is 7.17. The molecule has 1 amide bonds. The van der Waals surface area contributed by atoms with Crippen molar-refractivity contribution in [3.63, 3.8) is 0 Å². The van der Waals surface area contributed by atoms with Crippen molar-refractivity contribution >= 4 is 17.2 Å². The SMILES string of the molecule is Cc1nc(-c2ncccn2)sc1C(=O)N(C)CCOc1ccccc1F. The lowest BCUT2D eigenvalue weighted by molar-refractivity contribution is 0.0776. The second kappa shape index (κ2) is 8.01. The quantitative estimate of drug-likeness (QED) is 0.665. The van der Waals surface area contributed by atoms with Crippen LogP contribution in [0.4, 0.5) is 4.39 Å². The van der Waals surface area contributed by atoms with E-state index in [2.05, 4.69) is 15.0 Å². The average molecular weight is 372 g/mol. The van der Waals surface area contributed by atoms with E-state index in [1.54, 1.807) is 50.6 Å². The third kappa shape index (κ3) is 4.02. The molecule has 0 fully saturated rings. The monoisotopic (exact) mass is 372 g/mol. The van der Waals surface area contributed by atoms with Crippen molar-refractivity contribution in [3.8, 4) is 16.6 Å². The Labute approximate surface area is 154 Å². The predicted octanol–water partition coefficient (Wildman–Crippen LogP) is 3.20. The normalized spacial score (nSPS) is 10.6. The van der Waals surface area contributed by atoms with Crippen LogP contribution >= 0.6 is 11.3 Å². The second-order valence-electron chi connectivity index (χ2n) is 5.51. The molecule has 2 heterocycles. The Morgan fingerprint density at radius 1 is 1.23 bits per heavy atom. The van der Waals surface area contributed by atoms with Crippen molar-refractivity contribution in [2.75, 3.05) is 20.2 Å². The van der Waals surface area contributed by atoms with Gasteiger partial charge in [0.2, 0.25) is 0 Å². The number of aryl methyl sites for hydroxylation is 1. The highest BCUT2D eigenvalue weighted by atomic mass is 32.1. The van der Waals surface area contributed by atoms with E-state index in [1.807, 2.05) is 0 Å². The van der Waals surface area contributed by atoms with Gasteiger partial charge in [-0.15, -0.1) is 11.3 Å². The van der Waals surface area contributed by atoms with Crippen molar-refractivity contribution < 1.29 is 13.9 Å². The topological polar surface area (TPSA) is 68.2 Å². The van der Waals surface area contributed by atoms with Gasteiger partial charge in [0, 0.05) is 19.4 Å². The molecule has 0 saturated carbocycles. The molecule has 0 atom stereocenters. The second-order valence-corrected chi connectivity index (χ2v) is 6.51. The summed E-state index contributed by atoms with van der Waals surface area (Å²) in [7, 11) is 1.67. The van der Waals surface area contributed by atoms with Crippen LogP contribution in [0.1, 0.15) is 15.4 Å². The lowest BCUT2D eigenvalue weighted by Gasteiger charge is -2.17. The number of carbonyl (C=O) groups is 1. The Bertz CT molecular complexity index is 901. The molecule has 1 aromatic carbocycles. The van der Waals surface area contributed by atoms with Crippen molar-refractivity contribution in [1.82, 2.24) is 19.9 Å². The molecule has 0 bridgehead atoms. The molecule has 6 nitrogen and oxygen atoms in total. The number of rotatable bonds is 6. The van der Waals surface area contributed by atoms with E-state index >= 15 is 0 Å². The molecule has 3 aromatic rings. The van der Waals surface area contributed by atoms with Crippen LogP contribution in [0.5, 0.6) is 5.75 Å². The number of likely N-dealkylation sites (N-methyl/N-ethyl adjacent to an activating group) is 1. The number of hydrogen-bond donors (Lipinski definition) is 0. The summed E-state index contributed by atoms with van der Waals surface area (Å²) in [5.74, 6) is 0.0719. The average Bonchev–Trinajstić information content (AvgIpc) is 3.05. The van der Waals surface area contributed by atoms with E-state index in [0.717, 1.165) is 0 Å². The van der Waals surface area contributed by atoms with Gasteiger partial charge in [-0.05, 0) is 25.1 Å². The summed E-state index contributed by atoms with van der Waals surface area (Å²) in [6.07, 6.45) is 3.26. The third-order valence-electron chi connectivity index (χ3n) is 3.62. The molecule has 0 unspecified atom stereocenters. The minimum absolute atomic E-state index is 0.167. The number of amides is 1. The zero-order valence-electron chi connectivity index (χ0n) is 14.3. The third-order valence-corrected chi connectivity index (χ3v) is 4.76. The van der Waals surface area contributed by atoms with Crippen LogP contribution in [-0.4, -0.2) is 46.0 Å². The molecule has 0 N–H and O–H groups in total. The number of para-hydroxylation sites is 1. The van der Waals surface area contributed by atoms with Gasteiger partial charge in [-0.2, -0.15) is 0 Å². The van der Waals surface area contributed by atoms with Crippen LogP contribution in [0.2, 0.25) is 0 Å². The van der Waals surface area contributed by atoms with Crippen LogP contribution in [-0.2, 0) is 0 Å². The molecule has 0 aliphatic rings. The highest BCUT2D eigenvalue weighted by Gasteiger charge is 2.20. The summed E-state index contributed by atoms with van der Waals surface area (Å²) >= 11 is 1.25. The van der Waals surface area contributed by atoms with Gasteiger partial charge in [0.1, 0.15) is 11.5 Å². The molecule has 0 radical (unpaired) electrons. The number of nitrogens with zero attached hydrogens (tertiary/aromatic N) is 4. The van der Waals surface area contributed by atoms with Gasteiger partial charge < -0.3 is 9.64 Å². The van der Waals surface area contributed by atoms with Gasteiger partial charge in [0.05, 0.1) is 12.2 Å². The Balaban J connectivity index is 1.63. The highest BCUT2D eigenvalue weighted by Crippen LogP contribution is 2.26. The number of ether oxygens (including phenoxy) is 1. The van der Waals surface area contributed by atoms with E-state index in [0.29, 0.717) is 27.9 Å². The van der Waals surface area contributed by atoms with Gasteiger partial charge >= 0.3 is 0 Å². The summed E-state index contributed by atoms with van der Waals surface area (Å²) < 4.78 is 18.9. The first-order valence-electron chi connectivity index (χ1n) is 7.94. The summed E-state index contributed by atoms with van der Waals surface area (Å²) in [5.41, 5.74) is 0.629. The molecule has 0 saturated heterocycles. The van der Waals surface area contributed by atoms with Gasteiger partial charge in [-0.3, -0.25) is 4.79 Å². The number of halogens is 1. The first-order valence-corrected chi connectivity index (χ1v) is 8.75. The first-order chi connectivity index (χ1) is 12.6. The molecule has 0 aliphatic carbocycles. The Hall–Kier alpha value is -2.87.